The van der Waals surface area contributed by atoms with Gasteiger partial charge in [-0.25, -0.2) is 4.39 Å². The Hall–Kier alpha value is -1.49. The van der Waals surface area contributed by atoms with Gasteiger partial charge in [-0.15, -0.1) is 0 Å². The molecule has 1 aliphatic rings. The van der Waals surface area contributed by atoms with E-state index < -0.39 is 0 Å². The maximum absolute atomic E-state index is 13.7. The Bertz CT molecular complexity index is 425. The molecule has 100 valence electrons. The minimum Gasteiger partial charge on any atom is -0.495 e. The normalized spacial score (nSPS) is 20.1. The second-order valence-corrected chi connectivity index (χ2v) is 4.87. The van der Waals surface area contributed by atoms with Crippen LogP contribution in [0.25, 0.3) is 0 Å². The van der Waals surface area contributed by atoms with E-state index in [4.69, 9.17) is 10.5 Å². The molecule has 1 aliphatic heterocycles. The molecule has 0 aromatic heterocycles. The Morgan fingerprint density at radius 3 is 2.94 bits per heavy atom. The Balaban J connectivity index is 2.00. The number of halogens is 1. The van der Waals surface area contributed by atoms with Gasteiger partial charge in [0.2, 0.25) is 0 Å². The molecule has 1 atom stereocenters. The summed E-state index contributed by atoms with van der Waals surface area (Å²) >= 11 is 0. The number of rotatable bonds is 4. The van der Waals surface area contributed by atoms with Crippen LogP contribution in [0.1, 0.15) is 6.42 Å². The molecular formula is C13H20FN3O. The standard InChI is InChI=1S/C13H20FN3O/c1-17-4-3-9(8-17)7-16-12-6-13(18-2)11(15)5-10(12)14/h5-6,9,16H,3-4,7-8,15H2,1-2H3. The summed E-state index contributed by atoms with van der Waals surface area (Å²) in [5.74, 6) is 0.736. The van der Waals surface area contributed by atoms with Crippen molar-refractivity contribution in [1.82, 2.24) is 4.90 Å². The molecule has 5 heteroatoms. The number of hydrogen-bond donors (Lipinski definition) is 2. The summed E-state index contributed by atoms with van der Waals surface area (Å²) < 4.78 is 18.8. The van der Waals surface area contributed by atoms with Crippen LogP contribution in [0.5, 0.6) is 5.75 Å². The molecule has 0 saturated carbocycles. The first-order valence-electron chi connectivity index (χ1n) is 6.15. The quantitative estimate of drug-likeness (QED) is 0.803. The fourth-order valence-corrected chi connectivity index (χ4v) is 2.33. The first kappa shape index (κ1) is 13.0. The van der Waals surface area contributed by atoms with Gasteiger partial charge in [0.25, 0.3) is 0 Å². The first-order valence-corrected chi connectivity index (χ1v) is 6.15. The maximum Gasteiger partial charge on any atom is 0.148 e. The van der Waals surface area contributed by atoms with E-state index in [9.17, 15) is 4.39 Å². The Kier molecular flexibility index (Phi) is 3.91. The van der Waals surface area contributed by atoms with Gasteiger partial charge in [-0.2, -0.15) is 0 Å². The molecule has 1 heterocycles. The average Bonchev–Trinajstić information content (AvgIpc) is 2.74. The van der Waals surface area contributed by atoms with Crippen molar-refractivity contribution in [3.05, 3.63) is 17.9 Å². The molecule has 0 amide bonds. The number of nitrogens with one attached hydrogen (secondary N) is 1. The number of nitrogens with two attached hydrogens (primary N) is 1. The van der Waals surface area contributed by atoms with Crippen molar-refractivity contribution in [2.24, 2.45) is 5.92 Å². The smallest absolute Gasteiger partial charge is 0.148 e. The summed E-state index contributed by atoms with van der Waals surface area (Å²) in [5, 5.41) is 3.14. The number of methoxy groups -OCH3 is 1. The lowest BCUT2D eigenvalue weighted by Crippen LogP contribution is -2.19. The summed E-state index contributed by atoms with van der Waals surface area (Å²) in [6, 6.07) is 2.91. The molecule has 1 aromatic carbocycles. The molecule has 2 rings (SSSR count). The predicted octanol–water partition coefficient (Wildman–Crippen LogP) is 1.78. The van der Waals surface area contributed by atoms with E-state index >= 15 is 0 Å². The predicted molar refractivity (Wildman–Crippen MR) is 71.5 cm³/mol. The zero-order valence-electron chi connectivity index (χ0n) is 10.9. The van der Waals surface area contributed by atoms with Crippen molar-refractivity contribution in [3.63, 3.8) is 0 Å². The van der Waals surface area contributed by atoms with Crippen LogP contribution in [0.3, 0.4) is 0 Å². The number of nitrogen functional groups attached to an aromatic ring is 1. The molecule has 0 aliphatic carbocycles. The molecule has 0 bridgehead atoms. The average molecular weight is 253 g/mol. The highest BCUT2D eigenvalue weighted by Gasteiger charge is 2.19. The van der Waals surface area contributed by atoms with Gasteiger partial charge in [-0.05, 0) is 25.9 Å². The lowest BCUT2D eigenvalue weighted by Gasteiger charge is -2.14. The molecule has 4 nitrogen and oxygen atoms in total. The Labute approximate surface area is 107 Å². The Morgan fingerprint density at radius 2 is 2.33 bits per heavy atom. The molecule has 1 aromatic rings. The third-order valence-electron chi connectivity index (χ3n) is 3.39. The summed E-state index contributed by atoms with van der Waals surface area (Å²) in [6.45, 7) is 2.94. The monoisotopic (exact) mass is 253 g/mol. The zero-order chi connectivity index (χ0) is 13.1. The van der Waals surface area contributed by atoms with E-state index in [-0.39, 0.29) is 5.82 Å². The van der Waals surface area contributed by atoms with E-state index in [0.717, 1.165) is 26.1 Å². The first-order chi connectivity index (χ1) is 8.60. The lowest BCUT2D eigenvalue weighted by atomic mass is 10.1. The lowest BCUT2D eigenvalue weighted by molar-refractivity contribution is 0.399. The molecule has 1 saturated heterocycles. The van der Waals surface area contributed by atoms with Gasteiger partial charge in [0.15, 0.2) is 0 Å². The van der Waals surface area contributed by atoms with Crippen molar-refractivity contribution >= 4 is 11.4 Å². The van der Waals surface area contributed by atoms with Crippen molar-refractivity contribution in [2.45, 2.75) is 6.42 Å². The van der Waals surface area contributed by atoms with Gasteiger partial charge >= 0.3 is 0 Å². The summed E-state index contributed by atoms with van der Waals surface area (Å²) in [4.78, 5) is 2.28. The summed E-state index contributed by atoms with van der Waals surface area (Å²) in [6.07, 6.45) is 1.15. The van der Waals surface area contributed by atoms with Crippen LogP contribution in [-0.4, -0.2) is 38.7 Å². The van der Waals surface area contributed by atoms with Gasteiger partial charge in [0, 0.05) is 25.2 Å². The Morgan fingerprint density at radius 1 is 1.56 bits per heavy atom. The van der Waals surface area contributed by atoms with Crippen LogP contribution in [0.2, 0.25) is 0 Å². The van der Waals surface area contributed by atoms with Crippen LogP contribution in [0, 0.1) is 11.7 Å². The fourth-order valence-electron chi connectivity index (χ4n) is 2.33. The maximum atomic E-state index is 13.7. The number of nitrogens with zero attached hydrogens (tertiary/aromatic N) is 1. The minimum absolute atomic E-state index is 0.321. The highest BCUT2D eigenvalue weighted by molar-refractivity contribution is 5.62. The molecule has 1 unspecified atom stereocenters. The minimum atomic E-state index is -0.334. The van der Waals surface area contributed by atoms with Gasteiger partial charge < -0.3 is 20.7 Å². The van der Waals surface area contributed by atoms with Crippen molar-refractivity contribution in [1.29, 1.82) is 0 Å². The zero-order valence-corrected chi connectivity index (χ0v) is 10.9. The van der Waals surface area contributed by atoms with Crippen LogP contribution >= 0.6 is 0 Å². The molecule has 0 radical (unpaired) electrons. The SMILES string of the molecule is COc1cc(NCC2CCN(C)C2)c(F)cc1N. The third kappa shape index (κ3) is 2.85. The van der Waals surface area contributed by atoms with Crippen molar-refractivity contribution in [3.8, 4) is 5.75 Å². The van der Waals surface area contributed by atoms with Crippen molar-refractivity contribution < 1.29 is 9.13 Å². The van der Waals surface area contributed by atoms with Gasteiger partial charge in [0.05, 0.1) is 18.5 Å². The number of anilines is 2. The van der Waals surface area contributed by atoms with E-state index in [1.54, 1.807) is 6.07 Å². The molecule has 0 spiro atoms. The molecular weight excluding hydrogens is 233 g/mol. The second kappa shape index (κ2) is 5.44. The highest BCUT2D eigenvalue weighted by atomic mass is 19.1. The summed E-state index contributed by atoms with van der Waals surface area (Å²) in [5.41, 5.74) is 6.41. The molecule has 3 N–H and O–H groups in total. The van der Waals surface area contributed by atoms with Crippen molar-refractivity contribution in [2.75, 3.05) is 44.8 Å². The van der Waals surface area contributed by atoms with E-state index in [0.29, 0.717) is 23.0 Å². The topological polar surface area (TPSA) is 50.5 Å². The third-order valence-corrected chi connectivity index (χ3v) is 3.39. The molecule has 1 fully saturated rings. The van der Waals surface area contributed by atoms with Crippen LogP contribution in [0.15, 0.2) is 12.1 Å². The summed E-state index contributed by atoms with van der Waals surface area (Å²) in [7, 11) is 3.63. The number of hydrogen-bond acceptors (Lipinski definition) is 4. The fraction of sp³-hybridized carbons (Fsp3) is 0.538. The largest absolute Gasteiger partial charge is 0.495 e. The number of benzene rings is 1. The highest BCUT2D eigenvalue weighted by Crippen LogP contribution is 2.28. The molecule has 18 heavy (non-hydrogen) atoms. The number of ether oxygens (including phenoxy) is 1. The van der Waals surface area contributed by atoms with Crippen LogP contribution in [0.4, 0.5) is 15.8 Å². The van der Waals surface area contributed by atoms with E-state index in [2.05, 4.69) is 17.3 Å². The van der Waals surface area contributed by atoms with E-state index in [1.807, 2.05) is 0 Å². The van der Waals surface area contributed by atoms with Crippen LogP contribution < -0.4 is 15.8 Å². The van der Waals surface area contributed by atoms with Gasteiger partial charge in [-0.3, -0.25) is 0 Å². The van der Waals surface area contributed by atoms with Gasteiger partial charge in [0.1, 0.15) is 11.6 Å². The number of likely N-dealkylation sites (tertiary alicyclic amines) is 1. The second-order valence-electron chi connectivity index (χ2n) is 4.87. The van der Waals surface area contributed by atoms with Gasteiger partial charge in [-0.1, -0.05) is 0 Å². The van der Waals surface area contributed by atoms with Crippen LogP contribution in [-0.2, 0) is 0 Å². The van der Waals surface area contributed by atoms with E-state index in [1.165, 1.54) is 13.2 Å².